The van der Waals surface area contributed by atoms with E-state index < -0.39 is 0 Å². The van der Waals surface area contributed by atoms with Crippen molar-refractivity contribution in [3.05, 3.63) is 29.0 Å². The molecule has 0 spiro atoms. The van der Waals surface area contributed by atoms with Crippen molar-refractivity contribution in [3.63, 3.8) is 0 Å². The SMILES string of the molecule is CCOc1cccnc1-n1cc(Br)c(N)n1. The number of nitrogens with zero attached hydrogens (tertiary/aromatic N) is 3. The molecule has 0 bridgehead atoms. The molecule has 0 aromatic carbocycles. The van der Waals surface area contributed by atoms with Crippen molar-refractivity contribution >= 4 is 21.7 Å². The number of aromatic nitrogens is 3. The van der Waals surface area contributed by atoms with Crippen LogP contribution in [-0.4, -0.2) is 21.4 Å². The lowest BCUT2D eigenvalue weighted by atomic mass is 10.4. The fourth-order valence-electron chi connectivity index (χ4n) is 1.30. The van der Waals surface area contributed by atoms with Crippen LogP contribution in [0, 0.1) is 0 Å². The molecule has 5 nitrogen and oxygen atoms in total. The van der Waals surface area contributed by atoms with Crippen LogP contribution in [0.3, 0.4) is 0 Å². The van der Waals surface area contributed by atoms with Crippen molar-refractivity contribution in [2.75, 3.05) is 12.3 Å². The summed E-state index contributed by atoms with van der Waals surface area (Å²) in [5.41, 5.74) is 5.65. The summed E-state index contributed by atoms with van der Waals surface area (Å²) in [4.78, 5) is 4.22. The quantitative estimate of drug-likeness (QED) is 0.935. The van der Waals surface area contributed by atoms with Crippen LogP contribution in [0.15, 0.2) is 29.0 Å². The summed E-state index contributed by atoms with van der Waals surface area (Å²) < 4.78 is 7.79. The molecule has 2 heterocycles. The molecule has 0 saturated carbocycles. The maximum absolute atomic E-state index is 5.65. The van der Waals surface area contributed by atoms with Gasteiger partial charge in [0, 0.05) is 12.4 Å². The normalized spacial score (nSPS) is 10.4. The standard InChI is InChI=1S/C10H11BrN4O/c1-2-16-8-4-3-5-13-10(8)15-6-7(11)9(12)14-15/h3-6H,2H2,1H3,(H2,12,14). The summed E-state index contributed by atoms with van der Waals surface area (Å²) in [7, 11) is 0. The van der Waals surface area contributed by atoms with E-state index in [1.807, 2.05) is 19.1 Å². The van der Waals surface area contributed by atoms with Gasteiger partial charge in [0.15, 0.2) is 17.4 Å². The van der Waals surface area contributed by atoms with Gasteiger partial charge in [0.1, 0.15) is 0 Å². The van der Waals surface area contributed by atoms with E-state index in [1.165, 1.54) is 0 Å². The monoisotopic (exact) mass is 282 g/mol. The van der Waals surface area contributed by atoms with Crippen molar-refractivity contribution in [2.45, 2.75) is 6.92 Å². The van der Waals surface area contributed by atoms with Gasteiger partial charge >= 0.3 is 0 Å². The number of rotatable bonds is 3. The van der Waals surface area contributed by atoms with Gasteiger partial charge in [-0.15, -0.1) is 5.10 Å². The second kappa shape index (κ2) is 4.52. The number of halogens is 1. The molecule has 2 aromatic rings. The van der Waals surface area contributed by atoms with E-state index in [2.05, 4.69) is 26.0 Å². The van der Waals surface area contributed by atoms with Crippen molar-refractivity contribution < 1.29 is 4.74 Å². The topological polar surface area (TPSA) is 66.0 Å². The zero-order chi connectivity index (χ0) is 11.5. The van der Waals surface area contributed by atoms with Crippen LogP contribution < -0.4 is 10.5 Å². The van der Waals surface area contributed by atoms with E-state index in [0.717, 1.165) is 4.47 Å². The summed E-state index contributed by atoms with van der Waals surface area (Å²) in [5, 5.41) is 4.13. The molecule has 0 aliphatic rings. The van der Waals surface area contributed by atoms with E-state index in [9.17, 15) is 0 Å². The summed E-state index contributed by atoms with van der Waals surface area (Å²) in [6.45, 7) is 2.50. The largest absolute Gasteiger partial charge is 0.490 e. The molecule has 2 rings (SSSR count). The maximum Gasteiger partial charge on any atom is 0.196 e. The number of hydrogen-bond donors (Lipinski definition) is 1. The van der Waals surface area contributed by atoms with Gasteiger partial charge in [-0.2, -0.15) is 0 Å². The maximum atomic E-state index is 5.65. The second-order valence-corrected chi connectivity index (χ2v) is 3.92. The number of hydrogen-bond acceptors (Lipinski definition) is 4. The lowest BCUT2D eigenvalue weighted by molar-refractivity contribution is 0.336. The lowest BCUT2D eigenvalue weighted by Crippen LogP contribution is -2.03. The first-order chi connectivity index (χ1) is 7.72. The van der Waals surface area contributed by atoms with Gasteiger partial charge in [-0.3, -0.25) is 0 Å². The molecule has 0 radical (unpaired) electrons. The van der Waals surface area contributed by atoms with Crippen LogP contribution in [0.4, 0.5) is 5.82 Å². The Kier molecular flexibility index (Phi) is 3.09. The molecule has 6 heteroatoms. The predicted molar refractivity (Wildman–Crippen MR) is 64.6 cm³/mol. The van der Waals surface area contributed by atoms with Gasteiger partial charge in [0.2, 0.25) is 0 Å². The van der Waals surface area contributed by atoms with Crippen molar-refractivity contribution in [2.24, 2.45) is 0 Å². The third kappa shape index (κ3) is 2.01. The number of nitrogens with two attached hydrogens (primary N) is 1. The zero-order valence-corrected chi connectivity index (χ0v) is 10.3. The molecule has 84 valence electrons. The number of ether oxygens (including phenoxy) is 1. The molecule has 16 heavy (non-hydrogen) atoms. The summed E-state index contributed by atoms with van der Waals surface area (Å²) in [6, 6.07) is 3.66. The number of anilines is 1. The highest BCUT2D eigenvalue weighted by molar-refractivity contribution is 9.10. The first-order valence-electron chi connectivity index (χ1n) is 4.81. The summed E-state index contributed by atoms with van der Waals surface area (Å²) >= 11 is 3.30. The van der Waals surface area contributed by atoms with E-state index in [0.29, 0.717) is 24.0 Å². The molecule has 0 saturated heterocycles. The molecule has 0 atom stereocenters. The Morgan fingerprint density at radius 3 is 3.00 bits per heavy atom. The molecule has 2 aromatic heterocycles. The Labute approximate surface area is 101 Å². The van der Waals surface area contributed by atoms with Crippen LogP contribution in [0.5, 0.6) is 5.75 Å². The smallest absolute Gasteiger partial charge is 0.196 e. The highest BCUT2D eigenvalue weighted by atomic mass is 79.9. The van der Waals surface area contributed by atoms with Crippen LogP contribution in [-0.2, 0) is 0 Å². The van der Waals surface area contributed by atoms with Crippen molar-refractivity contribution in [3.8, 4) is 11.6 Å². The predicted octanol–water partition coefficient (Wildman–Crippen LogP) is 2.01. The van der Waals surface area contributed by atoms with Gasteiger partial charge in [-0.05, 0) is 35.0 Å². The lowest BCUT2D eigenvalue weighted by Gasteiger charge is -2.07. The van der Waals surface area contributed by atoms with Gasteiger partial charge in [-0.1, -0.05) is 0 Å². The molecule has 0 amide bonds. The second-order valence-electron chi connectivity index (χ2n) is 3.07. The summed E-state index contributed by atoms with van der Waals surface area (Å²) in [5.74, 6) is 1.73. The third-order valence-corrected chi connectivity index (χ3v) is 2.57. The Hall–Kier alpha value is -1.56. The van der Waals surface area contributed by atoms with E-state index in [1.54, 1.807) is 17.1 Å². The van der Waals surface area contributed by atoms with E-state index in [-0.39, 0.29) is 0 Å². The number of nitrogen functional groups attached to an aromatic ring is 1. The van der Waals surface area contributed by atoms with Gasteiger partial charge in [0.05, 0.1) is 11.1 Å². The first kappa shape index (κ1) is 10.9. The van der Waals surface area contributed by atoms with Crippen LogP contribution >= 0.6 is 15.9 Å². The van der Waals surface area contributed by atoms with Gasteiger partial charge in [-0.25, -0.2) is 9.67 Å². The molecule has 0 aliphatic heterocycles. The van der Waals surface area contributed by atoms with E-state index >= 15 is 0 Å². The van der Waals surface area contributed by atoms with Gasteiger partial charge in [0.25, 0.3) is 0 Å². The van der Waals surface area contributed by atoms with Gasteiger partial charge < -0.3 is 10.5 Å². The van der Waals surface area contributed by atoms with Crippen LogP contribution in [0.25, 0.3) is 5.82 Å². The average Bonchev–Trinajstić information content (AvgIpc) is 2.60. The van der Waals surface area contributed by atoms with Crippen LogP contribution in [0.2, 0.25) is 0 Å². The molecule has 0 unspecified atom stereocenters. The highest BCUT2D eigenvalue weighted by Crippen LogP contribution is 2.23. The first-order valence-corrected chi connectivity index (χ1v) is 5.60. The molecule has 0 fully saturated rings. The Morgan fingerprint density at radius 2 is 2.38 bits per heavy atom. The molecule has 2 N–H and O–H groups in total. The Bertz CT molecular complexity index is 478. The van der Waals surface area contributed by atoms with E-state index in [4.69, 9.17) is 10.5 Å². The fourth-order valence-corrected chi connectivity index (χ4v) is 1.57. The highest BCUT2D eigenvalue weighted by Gasteiger charge is 2.10. The average molecular weight is 283 g/mol. The third-order valence-electron chi connectivity index (χ3n) is 1.96. The fraction of sp³-hybridized carbons (Fsp3) is 0.200. The minimum atomic E-state index is 0.424. The zero-order valence-electron chi connectivity index (χ0n) is 8.72. The molecular formula is C10H11BrN4O. The van der Waals surface area contributed by atoms with Crippen molar-refractivity contribution in [1.29, 1.82) is 0 Å². The minimum absolute atomic E-state index is 0.424. The Balaban J connectivity index is 2.46. The summed E-state index contributed by atoms with van der Waals surface area (Å²) in [6.07, 6.45) is 3.43. The Morgan fingerprint density at radius 1 is 1.56 bits per heavy atom. The minimum Gasteiger partial charge on any atom is -0.490 e. The van der Waals surface area contributed by atoms with Crippen LogP contribution in [0.1, 0.15) is 6.92 Å². The molecular weight excluding hydrogens is 272 g/mol. The van der Waals surface area contributed by atoms with Crippen molar-refractivity contribution in [1.82, 2.24) is 14.8 Å². The number of pyridine rings is 1. The molecule has 0 aliphatic carbocycles.